The Balaban J connectivity index is 1.46. The highest BCUT2D eigenvalue weighted by atomic mass is 16.8. The molecule has 2 atom stereocenters. The van der Waals surface area contributed by atoms with Gasteiger partial charge in [-0.3, -0.25) is 4.79 Å². The summed E-state index contributed by atoms with van der Waals surface area (Å²) in [6, 6.07) is 0. The second kappa shape index (κ2) is 20.7. The van der Waals surface area contributed by atoms with Crippen molar-refractivity contribution in [3.63, 3.8) is 0 Å². The molecule has 5 heteroatoms. The van der Waals surface area contributed by atoms with Gasteiger partial charge in [0.2, 0.25) is 0 Å². The van der Waals surface area contributed by atoms with Gasteiger partial charge >= 0.3 is 0 Å². The van der Waals surface area contributed by atoms with E-state index in [1.807, 2.05) is 0 Å². The van der Waals surface area contributed by atoms with Crippen LogP contribution in [0.5, 0.6) is 0 Å². The van der Waals surface area contributed by atoms with Crippen LogP contribution in [0.25, 0.3) is 0 Å². The number of Topliss-reactive ketones (excluding diaryl/α,β-unsaturated/α-hetero) is 1. The first-order chi connectivity index (χ1) is 16.8. The average Bonchev–Trinajstić information content (AvgIpc) is 2.86. The zero-order valence-electron chi connectivity index (χ0n) is 22.2. The first-order valence-electron chi connectivity index (χ1n) is 14.8. The molecule has 0 N–H and O–H groups in total. The van der Waals surface area contributed by atoms with Crippen LogP contribution in [0.4, 0.5) is 0 Å². The fourth-order valence-electron chi connectivity index (χ4n) is 4.89. The molecule has 0 spiro atoms. The van der Waals surface area contributed by atoms with Crippen LogP contribution in [0.3, 0.4) is 0 Å². The minimum atomic E-state index is -0.226. The Kier molecular flexibility index (Phi) is 18.1. The third-order valence-electron chi connectivity index (χ3n) is 7.09. The van der Waals surface area contributed by atoms with Crippen LogP contribution in [0, 0.1) is 0 Å². The van der Waals surface area contributed by atoms with Crippen LogP contribution in [-0.4, -0.2) is 37.9 Å². The third-order valence-corrected chi connectivity index (χ3v) is 7.09. The van der Waals surface area contributed by atoms with Crippen LogP contribution in [0.1, 0.15) is 148 Å². The maximum atomic E-state index is 12.1. The van der Waals surface area contributed by atoms with Gasteiger partial charge in [-0.05, 0) is 64.2 Å². The zero-order valence-corrected chi connectivity index (χ0v) is 22.2. The first kappa shape index (κ1) is 29.7. The topological polar surface area (TPSA) is 54.0 Å². The maximum Gasteiger partial charge on any atom is 0.163 e. The number of unbranched alkanes of at least 4 members (excludes halogenated alkanes) is 11. The van der Waals surface area contributed by atoms with Crippen molar-refractivity contribution >= 4 is 5.78 Å². The molecule has 0 saturated carbocycles. The van der Waals surface area contributed by atoms with E-state index in [9.17, 15) is 4.79 Å². The SMILES string of the molecule is CCCCCCCCCC(=O)CCCCCCCCC(OC1CCCCO1)OC1CCCCO1. The second-order valence-corrected chi connectivity index (χ2v) is 10.4. The average molecular weight is 483 g/mol. The molecular weight excluding hydrogens is 428 g/mol. The molecule has 0 amide bonds. The Labute approximate surface area is 210 Å². The molecule has 2 fully saturated rings. The molecule has 0 aromatic heterocycles. The van der Waals surface area contributed by atoms with E-state index in [1.165, 1.54) is 77.0 Å². The summed E-state index contributed by atoms with van der Waals surface area (Å²) in [5, 5.41) is 0. The molecule has 34 heavy (non-hydrogen) atoms. The van der Waals surface area contributed by atoms with Gasteiger partial charge in [-0.25, -0.2) is 0 Å². The molecule has 0 bridgehead atoms. The number of rotatable bonds is 21. The van der Waals surface area contributed by atoms with E-state index >= 15 is 0 Å². The fraction of sp³-hybridized carbons (Fsp3) is 0.966. The number of carbonyl (C=O) groups excluding carboxylic acids is 1. The van der Waals surface area contributed by atoms with E-state index < -0.39 is 0 Å². The van der Waals surface area contributed by atoms with Crippen molar-refractivity contribution in [3.05, 3.63) is 0 Å². The van der Waals surface area contributed by atoms with Crippen molar-refractivity contribution in [2.24, 2.45) is 0 Å². The highest BCUT2D eigenvalue weighted by Crippen LogP contribution is 2.23. The zero-order chi connectivity index (χ0) is 24.1. The second-order valence-electron chi connectivity index (χ2n) is 10.4. The van der Waals surface area contributed by atoms with Gasteiger partial charge in [0, 0.05) is 26.1 Å². The summed E-state index contributed by atoms with van der Waals surface area (Å²) in [6.07, 6.45) is 24.4. The lowest BCUT2D eigenvalue weighted by molar-refractivity contribution is -0.306. The molecular formula is C29H54O5. The van der Waals surface area contributed by atoms with E-state index in [4.69, 9.17) is 18.9 Å². The van der Waals surface area contributed by atoms with Gasteiger partial charge in [0.25, 0.3) is 0 Å². The van der Waals surface area contributed by atoms with E-state index in [1.54, 1.807) is 0 Å². The van der Waals surface area contributed by atoms with E-state index in [2.05, 4.69) is 6.92 Å². The van der Waals surface area contributed by atoms with E-state index in [0.29, 0.717) is 5.78 Å². The van der Waals surface area contributed by atoms with Crippen molar-refractivity contribution in [2.75, 3.05) is 13.2 Å². The fourth-order valence-corrected chi connectivity index (χ4v) is 4.89. The third kappa shape index (κ3) is 15.5. The summed E-state index contributed by atoms with van der Waals surface area (Å²) in [6.45, 7) is 3.83. The Bertz CT molecular complexity index is 451. The molecule has 2 rings (SSSR count). The van der Waals surface area contributed by atoms with Crippen molar-refractivity contribution in [1.29, 1.82) is 0 Å². The van der Waals surface area contributed by atoms with Crippen LogP contribution < -0.4 is 0 Å². The van der Waals surface area contributed by atoms with Gasteiger partial charge in [-0.15, -0.1) is 0 Å². The summed E-state index contributed by atoms with van der Waals surface area (Å²) in [5.74, 6) is 0.473. The van der Waals surface area contributed by atoms with Gasteiger partial charge in [0.05, 0.1) is 0 Å². The normalized spacial score (nSPS) is 22.0. The molecule has 0 radical (unpaired) electrons. The molecule has 0 aromatic carbocycles. The lowest BCUT2D eigenvalue weighted by Gasteiger charge is -2.31. The summed E-state index contributed by atoms with van der Waals surface area (Å²) >= 11 is 0. The lowest BCUT2D eigenvalue weighted by Crippen LogP contribution is -2.34. The number of carbonyl (C=O) groups is 1. The molecule has 200 valence electrons. The minimum absolute atomic E-state index is 0.124. The van der Waals surface area contributed by atoms with Crippen LogP contribution in [0.15, 0.2) is 0 Å². The standard InChI is InChI=1S/C29H54O5/c1-2-3-4-5-6-9-12-19-26(30)20-13-10-7-8-11-14-23-29(33-27-21-15-17-24-31-27)34-28-22-16-18-25-32-28/h27-29H,2-25H2,1H3. The van der Waals surface area contributed by atoms with Gasteiger partial charge in [-0.2, -0.15) is 0 Å². The van der Waals surface area contributed by atoms with Gasteiger partial charge in [-0.1, -0.05) is 71.1 Å². The van der Waals surface area contributed by atoms with Gasteiger partial charge in [0.15, 0.2) is 18.9 Å². The molecule has 2 heterocycles. The molecule has 5 nitrogen and oxygen atoms in total. The smallest absolute Gasteiger partial charge is 0.163 e. The first-order valence-corrected chi connectivity index (χ1v) is 14.8. The monoisotopic (exact) mass is 482 g/mol. The van der Waals surface area contributed by atoms with Crippen molar-refractivity contribution in [1.82, 2.24) is 0 Å². The Morgan fingerprint density at radius 3 is 1.62 bits per heavy atom. The largest absolute Gasteiger partial charge is 0.353 e. The Morgan fingerprint density at radius 1 is 0.676 bits per heavy atom. The van der Waals surface area contributed by atoms with Gasteiger partial charge < -0.3 is 18.9 Å². The summed E-state index contributed by atoms with van der Waals surface area (Å²) < 4.78 is 23.9. The summed E-state index contributed by atoms with van der Waals surface area (Å²) in [5.41, 5.74) is 0. The minimum Gasteiger partial charge on any atom is -0.353 e. The lowest BCUT2D eigenvalue weighted by atomic mass is 10.0. The Morgan fingerprint density at radius 2 is 1.15 bits per heavy atom. The number of ether oxygens (including phenoxy) is 4. The molecule has 2 saturated heterocycles. The predicted molar refractivity (Wildman–Crippen MR) is 138 cm³/mol. The van der Waals surface area contributed by atoms with Gasteiger partial charge in [0.1, 0.15) is 5.78 Å². The predicted octanol–water partition coefficient (Wildman–Crippen LogP) is 8.23. The maximum absolute atomic E-state index is 12.1. The number of hydrogen-bond donors (Lipinski definition) is 0. The van der Waals surface area contributed by atoms with Crippen LogP contribution >= 0.6 is 0 Å². The summed E-state index contributed by atoms with van der Waals surface area (Å²) in [4.78, 5) is 12.1. The molecule has 0 aliphatic carbocycles. The van der Waals surface area contributed by atoms with Crippen molar-refractivity contribution in [2.45, 2.75) is 167 Å². The molecule has 2 aliphatic heterocycles. The van der Waals surface area contributed by atoms with E-state index in [-0.39, 0.29) is 18.9 Å². The highest BCUT2D eigenvalue weighted by molar-refractivity contribution is 5.78. The molecule has 2 unspecified atom stereocenters. The summed E-state index contributed by atoms with van der Waals surface area (Å²) in [7, 11) is 0. The highest BCUT2D eigenvalue weighted by Gasteiger charge is 2.24. The van der Waals surface area contributed by atoms with E-state index in [0.717, 1.165) is 77.4 Å². The van der Waals surface area contributed by atoms with Crippen LogP contribution in [0.2, 0.25) is 0 Å². The Hall–Kier alpha value is -0.490. The van der Waals surface area contributed by atoms with Crippen LogP contribution in [-0.2, 0) is 23.7 Å². The number of hydrogen-bond acceptors (Lipinski definition) is 5. The van der Waals surface area contributed by atoms with Crippen molar-refractivity contribution in [3.8, 4) is 0 Å². The molecule has 0 aromatic rings. The molecule has 2 aliphatic rings. The quantitative estimate of drug-likeness (QED) is 0.122. The van der Waals surface area contributed by atoms with Crippen molar-refractivity contribution < 1.29 is 23.7 Å². The number of ketones is 1.